The first-order valence-electron chi connectivity index (χ1n) is 11.5. The van der Waals surface area contributed by atoms with Gasteiger partial charge in [0, 0.05) is 20.0 Å². The number of fused-ring (bicyclic) bond motifs is 3. The summed E-state index contributed by atoms with van der Waals surface area (Å²) in [6.45, 7) is 6.11. The van der Waals surface area contributed by atoms with E-state index in [1.807, 2.05) is 0 Å². The molecule has 6 atom stereocenters. The van der Waals surface area contributed by atoms with Gasteiger partial charge in [0.2, 0.25) is 0 Å². The number of methoxy groups -OCH3 is 1. The van der Waals surface area contributed by atoms with Gasteiger partial charge in [0.15, 0.2) is 5.79 Å². The third kappa shape index (κ3) is 2.09. The van der Waals surface area contributed by atoms with Crippen molar-refractivity contribution in [2.75, 3.05) is 26.9 Å². The van der Waals surface area contributed by atoms with Gasteiger partial charge >= 0.3 is 0 Å². The summed E-state index contributed by atoms with van der Waals surface area (Å²) in [6.07, 6.45) is 10.6. The minimum atomic E-state index is -0.397. The summed E-state index contributed by atoms with van der Waals surface area (Å²) in [7, 11) is 1.74. The van der Waals surface area contributed by atoms with Crippen molar-refractivity contribution >= 4 is 5.78 Å². The molecule has 4 aliphatic carbocycles. The fourth-order valence-electron chi connectivity index (χ4n) is 8.62. The summed E-state index contributed by atoms with van der Waals surface area (Å²) < 4.78 is 24.4. The molecule has 160 valence electrons. The lowest BCUT2D eigenvalue weighted by Crippen LogP contribution is -2.54. The molecule has 0 radical (unpaired) electrons. The maximum Gasteiger partial charge on any atom is 0.171 e. The number of carbonyl (C=O) groups excluding carboxylic acids is 1. The molecule has 5 nitrogen and oxygen atoms in total. The summed E-state index contributed by atoms with van der Waals surface area (Å²) in [5, 5.41) is 0. The Hall–Kier alpha value is -0.750. The molecule has 2 aliphatic heterocycles. The summed E-state index contributed by atoms with van der Waals surface area (Å²) >= 11 is 0. The lowest BCUT2D eigenvalue weighted by Gasteiger charge is -2.53. The smallest absolute Gasteiger partial charge is 0.171 e. The number of ketones is 1. The number of ether oxygens (including phenoxy) is 4. The minimum absolute atomic E-state index is 0.0118. The predicted molar refractivity (Wildman–Crippen MR) is 106 cm³/mol. The molecule has 0 bridgehead atoms. The third-order valence-corrected chi connectivity index (χ3v) is 10.1. The highest BCUT2D eigenvalue weighted by Gasteiger charge is 2.79. The van der Waals surface area contributed by atoms with Gasteiger partial charge in [-0.2, -0.15) is 0 Å². The Bertz CT molecular complexity index is 784. The molecular formula is C24H34O5. The number of allylic oxidation sites excluding steroid dienone is 1. The van der Waals surface area contributed by atoms with E-state index in [1.165, 1.54) is 0 Å². The maximum absolute atomic E-state index is 12.9. The van der Waals surface area contributed by atoms with Crippen molar-refractivity contribution in [1.82, 2.24) is 0 Å². The molecule has 1 spiro atoms. The quantitative estimate of drug-likeness (QED) is 0.531. The highest BCUT2D eigenvalue weighted by molar-refractivity contribution is 5.84. The van der Waals surface area contributed by atoms with Gasteiger partial charge in [-0.15, -0.1) is 0 Å². The molecule has 0 unspecified atom stereocenters. The van der Waals surface area contributed by atoms with Crippen molar-refractivity contribution in [2.45, 2.75) is 82.2 Å². The second-order valence-electron chi connectivity index (χ2n) is 10.9. The van der Waals surface area contributed by atoms with E-state index in [9.17, 15) is 4.79 Å². The third-order valence-electron chi connectivity index (χ3n) is 10.1. The van der Waals surface area contributed by atoms with Crippen LogP contribution in [0.2, 0.25) is 0 Å². The molecule has 6 rings (SSSR count). The standard InChI is InChI=1S/C24H34O5/c1-16(25)21(15-26-3)8-6-18-17-4-9-22-14-23(27-12-13-28-23)10-11-24(22,29-22)19(17)5-7-20(18,21)2/h5,17-18H,4,6-15H2,1-3H3/t17-,18-,20-,21-,22+,24+/m0/s1. The van der Waals surface area contributed by atoms with Crippen molar-refractivity contribution in [1.29, 1.82) is 0 Å². The second kappa shape index (κ2) is 5.73. The number of hydrogen-bond donors (Lipinski definition) is 0. The van der Waals surface area contributed by atoms with Crippen LogP contribution in [-0.2, 0) is 23.7 Å². The van der Waals surface area contributed by atoms with Gasteiger partial charge in [-0.05, 0) is 68.3 Å². The van der Waals surface area contributed by atoms with E-state index in [-0.39, 0.29) is 22.0 Å². The highest BCUT2D eigenvalue weighted by atomic mass is 16.7. The van der Waals surface area contributed by atoms with Crippen LogP contribution in [0.1, 0.15) is 65.2 Å². The molecule has 3 saturated carbocycles. The Morgan fingerprint density at radius 3 is 2.69 bits per heavy atom. The van der Waals surface area contributed by atoms with Crippen molar-refractivity contribution in [2.24, 2.45) is 22.7 Å². The topological polar surface area (TPSA) is 57.3 Å². The summed E-state index contributed by atoms with van der Waals surface area (Å²) in [6, 6.07) is 0. The number of Topliss-reactive ketones (excluding diaryl/α,β-unsaturated/α-hetero) is 1. The molecule has 0 aromatic heterocycles. The molecule has 2 heterocycles. The summed E-state index contributed by atoms with van der Waals surface area (Å²) in [4.78, 5) is 12.9. The van der Waals surface area contributed by atoms with E-state index in [0.717, 1.165) is 51.4 Å². The zero-order chi connectivity index (χ0) is 20.1. The molecule has 0 amide bonds. The lowest BCUT2D eigenvalue weighted by atomic mass is 9.50. The predicted octanol–water partition coefficient (Wildman–Crippen LogP) is 3.80. The SMILES string of the molecule is COC[C@]1(C(C)=O)CC[C@H]2[C@@H]3CC[C@@]45CC6(CC[C@@]4(O5)C3=CC[C@@]21C)OCCO6. The van der Waals surface area contributed by atoms with Crippen molar-refractivity contribution in [3.63, 3.8) is 0 Å². The van der Waals surface area contributed by atoms with E-state index in [0.29, 0.717) is 37.4 Å². The van der Waals surface area contributed by atoms with Crippen molar-refractivity contribution in [3.05, 3.63) is 11.6 Å². The fourth-order valence-corrected chi connectivity index (χ4v) is 8.62. The van der Waals surface area contributed by atoms with Gasteiger partial charge in [-0.1, -0.05) is 13.0 Å². The number of hydrogen-bond acceptors (Lipinski definition) is 5. The van der Waals surface area contributed by atoms with Crippen molar-refractivity contribution < 1.29 is 23.7 Å². The van der Waals surface area contributed by atoms with Crippen LogP contribution in [-0.4, -0.2) is 49.7 Å². The molecule has 5 heteroatoms. The van der Waals surface area contributed by atoms with Gasteiger partial charge in [-0.3, -0.25) is 4.79 Å². The van der Waals surface area contributed by atoms with Crippen LogP contribution in [0.15, 0.2) is 11.6 Å². The zero-order valence-electron chi connectivity index (χ0n) is 18.1. The molecular weight excluding hydrogens is 368 g/mol. The number of carbonyl (C=O) groups is 1. The lowest BCUT2D eigenvalue weighted by molar-refractivity contribution is -0.185. The molecule has 2 saturated heterocycles. The second-order valence-corrected chi connectivity index (χ2v) is 10.9. The molecule has 5 fully saturated rings. The highest BCUT2D eigenvalue weighted by Crippen LogP contribution is 2.75. The van der Waals surface area contributed by atoms with Gasteiger partial charge in [0.25, 0.3) is 0 Å². The largest absolute Gasteiger partial charge is 0.384 e. The Labute approximate surface area is 173 Å². The van der Waals surface area contributed by atoms with Crippen molar-refractivity contribution in [3.8, 4) is 0 Å². The molecule has 0 aromatic carbocycles. The van der Waals surface area contributed by atoms with E-state index < -0.39 is 5.79 Å². The average Bonchev–Trinajstić information content (AvgIpc) is 2.99. The molecule has 0 aromatic rings. The van der Waals surface area contributed by atoms with Crippen LogP contribution in [0, 0.1) is 22.7 Å². The van der Waals surface area contributed by atoms with Crippen LogP contribution in [0.5, 0.6) is 0 Å². The first-order valence-corrected chi connectivity index (χ1v) is 11.5. The molecule has 29 heavy (non-hydrogen) atoms. The Kier molecular flexibility index (Phi) is 3.75. The maximum atomic E-state index is 12.9. The van der Waals surface area contributed by atoms with E-state index in [1.54, 1.807) is 19.6 Å². The minimum Gasteiger partial charge on any atom is -0.384 e. The number of rotatable bonds is 3. The van der Waals surface area contributed by atoms with Crippen LogP contribution in [0.25, 0.3) is 0 Å². The fraction of sp³-hybridized carbons (Fsp3) is 0.875. The van der Waals surface area contributed by atoms with E-state index >= 15 is 0 Å². The van der Waals surface area contributed by atoms with Crippen LogP contribution < -0.4 is 0 Å². The first-order chi connectivity index (χ1) is 13.9. The van der Waals surface area contributed by atoms with Crippen LogP contribution in [0.4, 0.5) is 0 Å². The van der Waals surface area contributed by atoms with E-state index in [4.69, 9.17) is 18.9 Å². The first kappa shape index (κ1) is 19.0. The van der Waals surface area contributed by atoms with Crippen LogP contribution >= 0.6 is 0 Å². The Balaban J connectivity index is 1.35. The Morgan fingerprint density at radius 2 is 1.97 bits per heavy atom. The molecule has 0 N–H and O–H groups in total. The van der Waals surface area contributed by atoms with E-state index in [2.05, 4.69) is 13.0 Å². The normalized spacial score (nSPS) is 51.6. The number of epoxide rings is 1. The average molecular weight is 403 g/mol. The zero-order valence-corrected chi connectivity index (χ0v) is 18.1. The summed E-state index contributed by atoms with van der Waals surface area (Å²) in [5.74, 6) is 1.00. The van der Waals surface area contributed by atoms with Gasteiger partial charge in [0.1, 0.15) is 17.0 Å². The molecule has 6 aliphatic rings. The van der Waals surface area contributed by atoms with Crippen LogP contribution in [0.3, 0.4) is 0 Å². The van der Waals surface area contributed by atoms with Gasteiger partial charge in [0.05, 0.1) is 25.2 Å². The van der Waals surface area contributed by atoms with Gasteiger partial charge in [-0.25, -0.2) is 0 Å². The monoisotopic (exact) mass is 402 g/mol. The van der Waals surface area contributed by atoms with Gasteiger partial charge < -0.3 is 18.9 Å². The summed E-state index contributed by atoms with van der Waals surface area (Å²) in [5.41, 5.74) is 1.04. The Morgan fingerprint density at radius 1 is 1.17 bits per heavy atom.